The lowest BCUT2D eigenvalue weighted by Gasteiger charge is -2.06. The fourth-order valence-corrected chi connectivity index (χ4v) is 3.46. The third kappa shape index (κ3) is 61.6. The van der Waals surface area contributed by atoms with Crippen molar-refractivity contribution in [3.63, 3.8) is 0 Å². The smallest absolute Gasteiger partial charge is 0.170 e. The van der Waals surface area contributed by atoms with Gasteiger partial charge in [0.15, 0.2) is 9.04 Å². The SMILES string of the molecule is C.C.CC[SiH2]C.C[SiH](C)CO[SiH](C)C.[B]C. The molecular formula is C11H37BOSi3. The van der Waals surface area contributed by atoms with E-state index in [1.807, 2.05) is 0 Å². The molecule has 0 saturated carbocycles. The number of rotatable bonds is 4. The fraction of sp³-hybridized carbons (Fsp3) is 1.00. The third-order valence-electron chi connectivity index (χ3n) is 1.26. The highest BCUT2D eigenvalue weighted by Gasteiger charge is 1.97. The summed E-state index contributed by atoms with van der Waals surface area (Å²) in [5.41, 5.74) is 0. The van der Waals surface area contributed by atoms with E-state index in [1.54, 1.807) is 0 Å². The minimum absolute atomic E-state index is 0. The lowest BCUT2D eigenvalue weighted by Crippen LogP contribution is -2.18. The maximum Gasteiger partial charge on any atom is 0.170 e. The molecule has 0 atom stereocenters. The van der Waals surface area contributed by atoms with E-state index in [9.17, 15) is 0 Å². The first-order valence-electron chi connectivity index (χ1n) is 5.73. The van der Waals surface area contributed by atoms with Crippen molar-refractivity contribution in [1.82, 2.24) is 0 Å². The standard InChI is InChI=1S/C5H16OSi2.C3H10Si.CH3B.2CH4/c1-7(2)5-6-8(3)4;1-3-4-2;1-2;;/h7-8H,5H2,1-4H3;3-4H2,1-2H3;1H3;2*1H4. The van der Waals surface area contributed by atoms with E-state index in [0.717, 1.165) is 6.23 Å². The summed E-state index contributed by atoms with van der Waals surface area (Å²) >= 11 is 0. The second kappa shape index (κ2) is 29.6. The van der Waals surface area contributed by atoms with Gasteiger partial charge in [-0.15, -0.1) is 0 Å². The lowest BCUT2D eigenvalue weighted by atomic mass is 10.2. The molecule has 102 valence electrons. The first kappa shape index (κ1) is 30.1. The van der Waals surface area contributed by atoms with Crippen molar-refractivity contribution >= 4 is 35.2 Å². The van der Waals surface area contributed by atoms with Gasteiger partial charge in [0.05, 0.1) is 16.6 Å². The van der Waals surface area contributed by atoms with Crippen LogP contribution in [0.4, 0.5) is 0 Å². The first-order chi connectivity index (χ1) is 6.54. The number of hydrogen-bond acceptors (Lipinski definition) is 1. The Morgan fingerprint density at radius 1 is 1.06 bits per heavy atom. The molecule has 0 aliphatic heterocycles. The van der Waals surface area contributed by atoms with Gasteiger partial charge < -0.3 is 4.43 Å². The molecule has 0 bridgehead atoms. The van der Waals surface area contributed by atoms with Gasteiger partial charge in [-0.1, -0.05) is 54.3 Å². The Hall–Kier alpha value is 0.676. The Balaban J connectivity index is -0.0000000439. The molecule has 0 aliphatic carbocycles. The van der Waals surface area contributed by atoms with Crippen LogP contribution in [0.2, 0.25) is 45.6 Å². The molecule has 0 spiro atoms. The molecule has 0 unspecified atom stereocenters. The molecule has 0 aromatic carbocycles. The van der Waals surface area contributed by atoms with Crippen LogP contribution in [-0.2, 0) is 4.43 Å². The molecule has 16 heavy (non-hydrogen) atoms. The number of hydrogen-bond donors (Lipinski definition) is 0. The van der Waals surface area contributed by atoms with Gasteiger partial charge in [0.1, 0.15) is 0 Å². The highest BCUT2D eigenvalue weighted by Crippen LogP contribution is 1.86. The first-order valence-corrected chi connectivity index (χ1v) is 14.1. The fourth-order valence-electron chi connectivity index (χ4n) is 0.385. The van der Waals surface area contributed by atoms with Gasteiger partial charge in [0.25, 0.3) is 0 Å². The summed E-state index contributed by atoms with van der Waals surface area (Å²) in [5, 5.41) is 0. The summed E-state index contributed by atoms with van der Waals surface area (Å²) < 4.78 is 5.50. The Morgan fingerprint density at radius 2 is 1.38 bits per heavy atom. The molecular weight excluding hydrogens is 243 g/mol. The van der Waals surface area contributed by atoms with Gasteiger partial charge in [0.2, 0.25) is 0 Å². The van der Waals surface area contributed by atoms with Crippen LogP contribution in [0.5, 0.6) is 0 Å². The van der Waals surface area contributed by atoms with E-state index in [0.29, 0.717) is 9.52 Å². The average Bonchev–Trinajstić information content (AvgIpc) is 2.18. The summed E-state index contributed by atoms with van der Waals surface area (Å²) in [7, 11) is 3.82. The van der Waals surface area contributed by atoms with Crippen LogP contribution < -0.4 is 0 Å². The molecule has 0 aromatic rings. The van der Waals surface area contributed by atoms with Crippen LogP contribution in [0.25, 0.3) is 0 Å². The molecule has 2 radical (unpaired) electrons. The summed E-state index contributed by atoms with van der Waals surface area (Å²) in [6.07, 6.45) is 1.09. The van der Waals surface area contributed by atoms with Crippen LogP contribution in [0.1, 0.15) is 21.8 Å². The van der Waals surface area contributed by atoms with Gasteiger partial charge in [-0.05, 0) is 13.1 Å². The topological polar surface area (TPSA) is 9.23 Å². The minimum Gasteiger partial charge on any atom is -0.424 e. The largest absolute Gasteiger partial charge is 0.424 e. The van der Waals surface area contributed by atoms with Crippen LogP contribution in [0.15, 0.2) is 0 Å². The van der Waals surface area contributed by atoms with Crippen molar-refractivity contribution in [1.29, 1.82) is 0 Å². The van der Waals surface area contributed by atoms with Gasteiger partial charge in [-0.25, -0.2) is 0 Å². The van der Waals surface area contributed by atoms with Gasteiger partial charge in [-0.2, -0.15) is 0 Å². The summed E-state index contributed by atoms with van der Waals surface area (Å²) in [6, 6.07) is 1.46. The van der Waals surface area contributed by atoms with E-state index in [-0.39, 0.29) is 14.9 Å². The van der Waals surface area contributed by atoms with Crippen LogP contribution in [-0.4, -0.2) is 41.4 Å². The van der Waals surface area contributed by atoms with Crippen molar-refractivity contribution in [3.05, 3.63) is 0 Å². The van der Waals surface area contributed by atoms with Crippen LogP contribution in [0, 0.1) is 0 Å². The Labute approximate surface area is 113 Å². The predicted molar refractivity (Wildman–Crippen MR) is 93.7 cm³/mol. The zero-order valence-electron chi connectivity index (χ0n) is 11.3. The van der Waals surface area contributed by atoms with Crippen molar-refractivity contribution in [2.75, 3.05) is 6.23 Å². The summed E-state index contributed by atoms with van der Waals surface area (Å²) in [6.45, 7) is 15.1. The maximum absolute atomic E-state index is 5.50. The van der Waals surface area contributed by atoms with Crippen LogP contribution in [0.3, 0.4) is 0 Å². The average molecular weight is 280 g/mol. The monoisotopic (exact) mass is 280 g/mol. The molecule has 0 fully saturated rings. The zero-order chi connectivity index (χ0) is 12.0. The van der Waals surface area contributed by atoms with E-state index in [4.69, 9.17) is 4.43 Å². The Bertz CT molecular complexity index is 73.6. The summed E-state index contributed by atoms with van der Waals surface area (Å²) in [4.78, 5) is 0. The molecule has 5 heteroatoms. The highest BCUT2D eigenvalue weighted by molar-refractivity contribution is 6.57. The molecule has 0 aliphatic rings. The second-order valence-corrected chi connectivity index (χ2v) is 11.3. The molecule has 0 heterocycles. The molecule has 0 N–H and O–H groups in total. The molecule has 0 rings (SSSR count). The molecule has 0 amide bonds. The predicted octanol–water partition coefficient (Wildman–Crippen LogP) is 3.13. The lowest BCUT2D eigenvalue weighted by molar-refractivity contribution is 0.395. The molecule has 1 nitrogen and oxygen atoms in total. The Kier molecular flexibility index (Phi) is 55.7. The molecule has 0 saturated heterocycles. The quantitative estimate of drug-likeness (QED) is 0.719. The maximum atomic E-state index is 5.50. The van der Waals surface area contributed by atoms with E-state index >= 15 is 0 Å². The van der Waals surface area contributed by atoms with E-state index in [2.05, 4.69) is 47.5 Å². The van der Waals surface area contributed by atoms with Gasteiger partial charge in [0, 0.05) is 15.7 Å². The van der Waals surface area contributed by atoms with Gasteiger partial charge in [-0.3, -0.25) is 0 Å². The van der Waals surface area contributed by atoms with E-state index in [1.165, 1.54) is 12.9 Å². The van der Waals surface area contributed by atoms with Crippen molar-refractivity contribution in [2.45, 2.75) is 67.4 Å². The van der Waals surface area contributed by atoms with Gasteiger partial charge >= 0.3 is 0 Å². The van der Waals surface area contributed by atoms with E-state index < -0.39 is 17.8 Å². The molecule has 0 aromatic heterocycles. The summed E-state index contributed by atoms with van der Waals surface area (Å²) in [5.74, 6) is 0. The van der Waals surface area contributed by atoms with Crippen molar-refractivity contribution in [2.24, 2.45) is 0 Å². The minimum atomic E-state index is -0.692. The third-order valence-corrected chi connectivity index (χ3v) is 4.37. The normalized spacial score (nSPS) is 8.56. The van der Waals surface area contributed by atoms with Crippen molar-refractivity contribution < 1.29 is 4.43 Å². The Morgan fingerprint density at radius 3 is 1.44 bits per heavy atom. The highest BCUT2D eigenvalue weighted by atomic mass is 28.3. The zero-order valence-corrected chi connectivity index (χ0v) is 15.0. The van der Waals surface area contributed by atoms with Crippen molar-refractivity contribution in [3.8, 4) is 0 Å². The second-order valence-electron chi connectivity index (χ2n) is 3.78. The van der Waals surface area contributed by atoms with Crippen LogP contribution >= 0.6 is 0 Å².